The van der Waals surface area contributed by atoms with Gasteiger partial charge in [0.2, 0.25) is 0 Å². The van der Waals surface area contributed by atoms with Gasteiger partial charge in [-0.2, -0.15) is 0 Å². The topological polar surface area (TPSA) is 96.3 Å². The first kappa shape index (κ1) is 15.1. The van der Waals surface area contributed by atoms with E-state index in [9.17, 15) is 14.7 Å². The Morgan fingerprint density at radius 2 is 2.05 bits per heavy atom. The summed E-state index contributed by atoms with van der Waals surface area (Å²) >= 11 is 0. The number of hydrogen-bond acceptors (Lipinski definition) is 5. The lowest BCUT2D eigenvalue weighted by atomic mass is 10.1. The minimum Gasteiger partial charge on any atom is -0.450 e. The molecule has 0 aromatic carbocycles. The van der Waals surface area contributed by atoms with Gasteiger partial charge < -0.3 is 19.7 Å². The van der Waals surface area contributed by atoms with Crippen molar-refractivity contribution < 1.29 is 29.3 Å². The van der Waals surface area contributed by atoms with Gasteiger partial charge in [-0.3, -0.25) is 4.90 Å². The summed E-state index contributed by atoms with van der Waals surface area (Å²) in [6, 6.07) is 0. The zero-order chi connectivity index (χ0) is 14.8. The molecule has 0 unspecified atom stereocenters. The summed E-state index contributed by atoms with van der Waals surface area (Å²) in [4.78, 5) is 23.5. The molecule has 0 aromatic rings. The van der Waals surface area contributed by atoms with E-state index in [1.165, 1.54) is 0 Å². The van der Waals surface area contributed by atoms with Crippen LogP contribution < -0.4 is 0 Å². The first-order chi connectivity index (χ1) is 8.56. The molecule has 0 spiro atoms. The number of aliphatic hydroxyl groups is 1. The van der Waals surface area contributed by atoms with Crippen molar-refractivity contribution in [1.29, 1.82) is 0 Å². The largest absolute Gasteiger partial charge is 0.507 e. The average molecular weight is 271 g/mol. The van der Waals surface area contributed by atoms with Gasteiger partial charge in [-0.15, -0.1) is 6.42 Å². The molecule has 2 N–H and O–H groups in total. The molecule has 2 atom stereocenters. The average Bonchev–Trinajstić information content (AvgIpc) is 2.53. The van der Waals surface area contributed by atoms with Crippen LogP contribution in [0, 0.1) is 12.3 Å². The van der Waals surface area contributed by atoms with E-state index < -0.39 is 29.7 Å². The Bertz CT molecular complexity index is 421. The van der Waals surface area contributed by atoms with Gasteiger partial charge in [-0.1, -0.05) is 5.92 Å². The molecule has 0 saturated carbocycles. The molecular weight excluding hydrogens is 254 g/mol. The van der Waals surface area contributed by atoms with Crippen LogP contribution in [-0.4, -0.2) is 51.3 Å². The molecule has 0 aliphatic carbocycles. The van der Waals surface area contributed by atoms with Crippen LogP contribution in [0.4, 0.5) is 9.59 Å². The molecule has 1 heterocycles. The second-order valence-electron chi connectivity index (χ2n) is 5.33. The number of β-amino-alcohol motifs (C(OH)–C–C–N with tert-alkyl or cyclic N) is 1. The fraction of sp³-hybridized carbons (Fsp3) is 0.667. The minimum absolute atomic E-state index is 0.185. The standard InChI is InChI=1S/C12H17NO6/c1-5-12(17)6-8(18-10(15)16)13(7-12)9(14)19-11(2,3)4/h1,8,17H,6-7H2,2-4H3,(H,15,16)/t8-,12+/m1/s1. The molecule has 1 rings (SSSR count). The van der Waals surface area contributed by atoms with Crippen molar-refractivity contribution in [2.45, 2.75) is 44.6 Å². The molecule has 0 bridgehead atoms. The van der Waals surface area contributed by atoms with Crippen molar-refractivity contribution >= 4 is 12.2 Å². The van der Waals surface area contributed by atoms with E-state index in [1.54, 1.807) is 20.8 Å². The molecular formula is C12H17NO6. The van der Waals surface area contributed by atoms with Gasteiger partial charge in [0.05, 0.1) is 6.54 Å². The van der Waals surface area contributed by atoms with E-state index in [0.29, 0.717) is 0 Å². The summed E-state index contributed by atoms with van der Waals surface area (Å²) in [6.45, 7) is 4.76. The SMILES string of the molecule is C#C[C@]1(O)C[C@@H](OC(=O)O)N(C(=O)OC(C)(C)C)C1. The molecule has 0 radical (unpaired) electrons. The van der Waals surface area contributed by atoms with Crippen LogP contribution >= 0.6 is 0 Å². The number of rotatable bonds is 1. The number of hydrogen-bond donors (Lipinski definition) is 2. The number of nitrogens with zero attached hydrogens (tertiary/aromatic N) is 1. The van der Waals surface area contributed by atoms with Crippen molar-refractivity contribution in [1.82, 2.24) is 4.90 Å². The highest BCUT2D eigenvalue weighted by molar-refractivity contribution is 5.70. The zero-order valence-electron chi connectivity index (χ0n) is 11.0. The van der Waals surface area contributed by atoms with Crippen molar-refractivity contribution in [3.8, 4) is 12.3 Å². The zero-order valence-corrected chi connectivity index (χ0v) is 11.0. The molecule has 7 heteroatoms. The second kappa shape index (κ2) is 4.97. The number of ether oxygens (including phenoxy) is 2. The summed E-state index contributed by atoms with van der Waals surface area (Å²) in [5, 5.41) is 18.6. The van der Waals surface area contributed by atoms with Gasteiger partial charge in [0.15, 0.2) is 6.23 Å². The first-order valence-electron chi connectivity index (χ1n) is 5.66. The van der Waals surface area contributed by atoms with Gasteiger partial charge >= 0.3 is 12.2 Å². The van der Waals surface area contributed by atoms with E-state index in [4.69, 9.17) is 16.3 Å². The second-order valence-corrected chi connectivity index (χ2v) is 5.33. The van der Waals surface area contributed by atoms with Crippen molar-refractivity contribution in [2.75, 3.05) is 6.54 Å². The Morgan fingerprint density at radius 3 is 2.47 bits per heavy atom. The smallest absolute Gasteiger partial charge is 0.450 e. The molecule has 1 aliphatic rings. The van der Waals surface area contributed by atoms with Gasteiger partial charge in [0, 0.05) is 6.42 Å². The third-order valence-corrected chi connectivity index (χ3v) is 2.43. The van der Waals surface area contributed by atoms with Crippen LogP contribution in [0.2, 0.25) is 0 Å². The van der Waals surface area contributed by atoms with Gasteiger partial charge in [0.25, 0.3) is 0 Å². The molecule has 1 fully saturated rings. The number of amides is 1. The maximum atomic E-state index is 11.9. The van der Waals surface area contributed by atoms with Crippen LogP contribution in [0.3, 0.4) is 0 Å². The Morgan fingerprint density at radius 1 is 1.47 bits per heavy atom. The monoisotopic (exact) mass is 271 g/mol. The predicted molar refractivity (Wildman–Crippen MR) is 64.2 cm³/mol. The lowest BCUT2D eigenvalue weighted by Crippen LogP contribution is -2.42. The number of carboxylic acid groups (broad SMARTS) is 1. The lowest BCUT2D eigenvalue weighted by molar-refractivity contribution is -0.0324. The van der Waals surface area contributed by atoms with E-state index in [-0.39, 0.29) is 13.0 Å². The third-order valence-electron chi connectivity index (χ3n) is 2.43. The Hall–Kier alpha value is -1.94. The number of carbonyl (C=O) groups is 2. The fourth-order valence-electron chi connectivity index (χ4n) is 1.68. The lowest BCUT2D eigenvalue weighted by Gasteiger charge is -2.27. The predicted octanol–water partition coefficient (Wildman–Crippen LogP) is 1.01. The van der Waals surface area contributed by atoms with Crippen LogP contribution in [0.5, 0.6) is 0 Å². The molecule has 1 amide bonds. The number of terminal acetylenes is 1. The van der Waals surface area contributed by atoms with Crippen LogP contribution in [0.15, 0.2) is 0 Å². The maximum absolute atomic E-state index is 11.9. The maximum Gasteiger partial charge on any atom is 0.507 e. The van der Waals surface area contributed by atoms with E-state index in [2.05, 4.69) is 10.7 Å². The van der Waals surface area contributed by atoms with Crippen LogP contribution in [0.25, 0.3) is 0 Å². The van der Waals surface area contributed by atoms with Gasteiger partial charge in [-0.25, -0.2) is 9.59 Å². The molecule has 19 heavy (non-hydrogen) atoms. The minimum atomic E-state index is -1.61. The summed E-state index contributed by atoms with van der Waals surface area (Å²) in [5.41, 5.74) is -2.36. The highest BCUT2D eigenvalue weighted by Crippen LogP contribution is 2.29. The summed E-state index contributed by atoms with van der Waals surface area (Å²) in [7, 11) is 0. The number of likely N-dealkylation sites (tertiary alicyclic amines) is 1. The molecule has 7 nitrogen and oxygen atoms in total. The van der Waals surface area contributed by atoms with E-state index >= 15 is 0 Å². The summed E-state index contributed by atoms with van der Waals surface area (Å²) < 4.78 is 9.65. The van der Waals surface area contributed by atoms with Crippen LogP contribution in [-0.2, 0) is 9.47 Å². The molecule has 1 aliphatic heterocycles. The van der Waals surface area contributed by atoms with Crippen molar-refractivity contribution in [3.05, 3.63) is 0 Å². The van der Waals surface area contributed by atoms with Crippen LogP contribution in [0.1, 0.15) is 27.2 Å². The van der Waals surface area contributed by atoms with Gasteiger partial charge in [-0.05, 0) is 20.8 Å². The Balaban J connectivity index is 2.86. The first-order valence-corrected chi connectivity index (χ1v) is 5.66. The molecule has 106 valence electrons. The summed E-state index contributed by atoms with van der Waals surface area (Å²) in [5.74, 6) is 2.12. The van der Waals surface area contributed by atoms with Crippen molar-refractivity contribution in [3.63, 3.8) is 0 Å². The van der Waals surface area contributed by atoms with E-state index in [1.807, 2.05) is 0 Å². The van der Waals surface area contributed by atoms with Gasteiger partial charge in [0.1, 0.15) is 11.2 Å². The number of carbonyl (C=O) groups excluding carboxylic acids is 1. The summed E-state index contributed by atoms with van der Waals surface area (Å²) in [6.07, 6.45) is 1.48. The Kier molecular flexibility index (Phi) is 3.96. The third kappa shape index (κ3) is 4.03. The normalized spacial score (nSPS) is 26.7. The Labute approximate surface area is 111 Å². The molecule has 0 aromatic heterocycles. The van der Waals surface area contributed by atoms with Crippen molar-refractivity contribution in [2.24, 2.45) is 0 Å². The molecule has 1 saturated heterocycles. The quantitative estimate of drug-likeness (QED) is 0.546. The fourth-order valence-corrected chi connectivity index (χ4v) is 1.68. The highest BCUT2D eigenvalue weighted by Gasteiger charge is 2.47. The van der Waals surface area contributed by atoms with E-state index in [0.717, 1.165) is 4.90 Å². The highest BCUT2D eigenvalue weighted by atomic mass is 16.7.